The number of imidazole rings is 1. The Morgan fingerprint density at radius 3 is 2.47 bits per heavy atom. The maximum Gasteiger partial charge on any atom is 0.182 e. The Morgan fingerprint density at radius 2 is 1.79 bits per heavy atom. The minimum atomic E-state index is -0.648. The van der Waals surface area contributed by atoms with Crippen LogP contribution in [0.3, 0.4) is 0 Å². The molecule has 0 radical (unpaired) electrons. The van der Waals surface area contributed by atoms with Crippen molar-refractivity contribution in [3.8, 4) is 5.69 Å². The molecule has 3 aromatic rings. The van der Waals surface area contributed by atoms with E-state index in [0.717, 1.165) is 15.3 Å². The van der Waals surface area contributed by atoms with E-state index in [1.807, 2.05) is 24.3 Å². The zero-order chi connectivity index (χ0) is 13.6. The van der Waals surface area contributed by atoms with Gasteiger partial charge in [0.1, 0.15) is 11.3 Å². The fourth-order valence-electron chi connectivity index (χ4n) is 1.98. The van der Waals surface area contributed by atoms with Crippen LogP contribution < -0.4 is 0 Å². The number of nitrogens with zero attached hydrogens (tertiary/aromatic N) is 1. The summed E-state index contributed by atoms with van der Waals surface area (Å²) in [6.07, 6.45) is 0. The predicted octanol–water partition coefficient (Wildman–Crippen LogP) is 4.57. The summed E-state index contributed by atoms with van der Waals surface area (Å²) in [5, 5.41) is 0. The molecule has 2 aromatic carbocycles. The molecule has 0 fully saturated rings. The third kappa shape index (κ3) is 2.18. The molecule has 1 heterocycles. The van der Waals surface area contributed by atoms with Gasteiger partial charge in [-0.05, 0) is 59.1 Å². The normalized spacial score (nSPS) is 11.1. The number of hydrogen-bond acceptors (Lipinski definition) is 1. The molecule has 1 N–H and O–H groups in total. The van der Waals surface area contributed by atoms with Gasteiger partial charge in [0.25, 0.3) is 0 Å². The van der Waals surface area contributed by atoms with Gasteiger partial charge in [-0.2, -0.15) is 0 Å². The van der Waals surface area contributed by atoms with Gasteiger partial charge in [-0.1, -0.05) is 0 Å². The van der Waals surface area contributed by atoms with E-state index >= 15 is 0 Å². The molecule has 0 atom stereocenters. The molecule has 19 heavy (non-hydrogen) atoms. The molecule has 0 aliphatic heterocycles. The van der Waals surface area contributed by atoms with E-state index in [2.05, 4.69) is 27.6 Å². The first-order valence-electron chi connectivity index (χ1n) is 5.42. The quantitative estimate of drug-likeness (QED) is 0.479. The highest BCUT2D eigenvalue weighted by Crippen LogP contribution is 2.23. The third-order valence-electron chi connectivity index (χ3n) is 2.79. The third-order valence-corrected chi connectivity index (χ3v) is 3.80. The van der Waals surface area contributed by atoms with E-state index in [1.165, 1.54) is 6.07 Å². The lowest BCUT2D eigenvalue weighted by Gasteiger charge is -2.04. The molecule has 0 saturated heterocycles. The van der Waals surface area contributed by atoms with E-state index in [4.69, 9.17) is 12.2 Å². The Balaban J connectivity index is 2.38. The van der Waals surface area contributed by atoms with Gasteiger partial charge in [0, 0.05) is 21.4 Å². The van der Waals surface area contributed by atoms with E-state index < -0.39 is 11.6 Å². The molecule has 0 bridgehead atoms. The summed E-state index contributed by atoms with van der Waals surface area (Å²) in [6.45, 7) is 0. The van der Waals surface area contributed by atoms with Crippen LogP contribution in [-0.4, -0.2) is 9.55 Å². The van der Waals surface area contributed by atoms with Crippen LogP contribution in [0, 0.1) is 20.0 Å². The second-order valence-corrected chi connectivity index (χ2v) is 5.66. The number of nitrogens with one attached hydrogen (secondary N) is 1. The smallest absolute Gasteiger partial charge is 0.182 e. The van der Waals surface area contributed by atoms with E-state index in [0.29, 0.717) is 10.3 Å². The summed E-state index contributed by atoms with van der Waals surface area (Å²) in [6, 6.07) is 9.63. The first-order valence-corrected chi connectivity index (χ1v) is 6.90. The number of benzene rings is 2. The largest absolute Gasteiger partial charge is 0.328 e. The fraction of sp³-hybridized carbons (Fsp3) is 0. The van der Waals surface area contributed by atoms with Crippen LogP contribution in [0.2, 0.25) is 0 Å². The second kappa shape index (κ2) is 4.68. The first-order chi connectivity index (χ1) is 9.06. The average Bonchev–Trinajstić information content (AvgIpc) is 2.67. The van der Waals surface area contributed by atoms with Gasteiger partial charge in [0.15, 0.2) is 10.6 Å². The molecule has 1 aromatic heterocycles. The number of aromatic amines is 1. The number of hydrogen-bond donors (Lipinski definition) is 1. The molecule has 6 heteroatoms. The number of H-pyrrole nitrogens is 1. The molecule has 2 nitrogen and oxygen atoms in total. The van der Waals surface area contributed by atoms with Crippen molar-refractivity contribution in [2.45, 2.75) is 0 Å². The van der Waals surface area contributed by atoms with Crippen LogP contribution in [0.5, 0.6) is 0 Å². The minimum Gasteiger partial charge on any atom is -0.328 e. The van der Waals surface area contributed by atoms with E-state index in [1.54, 1.807) is 4.57 Å². The summed E-state index contributed by atoms with van der Waals surface area (Å²) in [4.78, 5) is 2.77. The van der Waals surface area contributed by atoms with E-state index in [-0.39, 0.29) is 5.52 Å². The van der Waals surface area contributed by atoms with Gasteiger partial charge in [0.2, 0.25) is 0 Å². The molecule has 0 saturated carbocycles. The Labute approximate surface area is 126 Å². The maximum absolute atomic E-state index is 13.7. The van der Waals surface area contributed by atoms with Crippen molar-refractivity contribution >= 4 is 45.8 Å². The monoisotopic (exact) mass is 388 g/mol. The van der Waals surface area contributed by atoms with Crippen molar-refractivity contribution in [3.63, 3.8) is 0 Å². The highest BCUT2D eigenvalue weighted by atomic mass is 127. The summed E-state index contributed by atoms with van der Waals surface area (Å²) < 4.78 is 30.1. The molecular formula is C13H7F2IN2S. The van der Waals surface area contributed by atoms with Gasteiger partial charge in [-0.25, -0.2) is 8.78 Å². The standard InChI is InChI=1S/C13H7F2IN2S/c14-7-5-10(15)12-11(6-7)18(13(19)17-12)9-3-1-8(16)2-4-9/h1-6H,(H,17,19). The Morgan fingerprint density at radius 1 is 1.11 bits per heavy atom. The highest BCUT2D eigenvalue weighted by Gasteiger charge is 2.12. The van der Waals surface area contributed by atoms with Crippen molar-refractivity contribution < 1.29 is 8.78 Å². The van der Waals surface area contributed by atoms with Crippen LogP contribution in [0.1, 0.15) is 0 Å². The van der Waals surface area contributed by atoms with Crippen molar-refractivity contribution in [2.75, 3.05) is 0 Å². The zero-order valence-corrected chi connectivity index (χ0v) is 12.4. The lowest BCUT2D eigenvalue weighted by Crippen LogP contribution is -1.94. The molecule has 96 valence electrons. The van der Waals surface area contributed by atoms with Crippen LogP contribution in [0.15, 0.2) is 36.4 Å². The SMILES string of the molecule is Fc1cc(F)c2[nH]c(=S)n(-c3ccc(I)cc3)c2c1. The van der Waals surface area contributed by atoms with Crippen LogP contribution in [0.25, 0.3) is 16.7 Å². The Hall–Kier alpha value is -1.28. The maximum atomic E-state index is 13.7. The molecule has 0 spiro atoms. The van der Waals surface area contributed by atoms with Crippen LogP contribution in [-0.2, 0) is 0 Å². The number of fused-ring (bicyclic) bond motifs is 1. The average molecular weight is 388 g/mol. The number of halogens is 3. The summed E-state index contributed by atoms with van der Waals surface area (Å²) in [5.41, 5.74) is 1.37. The van der Waals surface area contributed by atoms with E-state index in [9.17, 15) is 8.78 Å². The zero-order valence-electron chi connectivity index (χ0n) is 9.45. The highest BCUT2D eigenvalue weighted by molar-refractivity contribution is 14.1. The van der Waals surface area contributed by atoms with Gasteiger partial charge < -0.3 is 4.98 Å². The topological polar surface area (TPSA) is 20.7 Å². The summed E-state index contributed by atoms with van der Waals surface area (Å²) in [7, 11) is 0. The molecule has 0 amide bonds. The lowest BCUT2D eigenvalue weighted by atomic mass is 10.2. The van der Waals surface area contributed by atoms with Gasteiger partial charge in [0.05, 0.1) is 5.52 Å². The minimum absolute atomic E-state index is 0.213. The molecular weight excluding hydrogens is 381 g/mol. The number of rotatable bonds is 1. The predicted molar refractivity (Wildman–Crippen MR) is 81.1 cm³/mol. The lowest BCUT2D eigenvalue weighted by molar-refractivity contribution is 0.590. The second-order valence-electron chi connectivity index (χ2n) is 4.02. The van der Waals surface area contributed by atoms with Crippen LogP contribution in [0.4, 0.5) is 8.78 Å². The molecule has 0 unspecified atom stereocenters. The summed E-state index contributed by atoms with van der Waals surface area (Å²) in [5.74, 6) is -1.27. The number of aromatic nitrogens is 2. The van der Waals surface area contributed by atoms with Gasteiger partial charge in [-0.15, -0.1) is 0 Å². The van der Waals surface area contributed by atoms with Crippen LogP contribution >= 0.6 is 34.8 Å². The fourth-order valence-corrected chi connectivity index (χ4v) is 2.64. The first kappa shape index (κ1) is 12.7. The van der Waals surface area contributed by atoms with Crippen molar-refractivity contribution in [1.82, 2.24) is 9.55 Å². The van der Waals surface area contributed by atoms with Crippen molar-refractivity contribution in [1.29, 1.82) is 0 Å². The molecule has 3 rings (SSSR count). The van der Waals surface area contributed by atoms with Crippen molar-refractivity contribution in [3.05, 3.63) is 56.4 Å². The van der Waals surface area contributed by atoms with Crippen molar-refractivity contribution in [2.24, 2.45) is 0 Å². The summed E-state index contributed by atoms with van der Waals surface area (Å²) >= 11 is 7.38. The molecule has 0 aliphatic carbocycles. The van der Waals surface area contributed by atoms with Gasteiger partial charge in [-0.3, -0.25) is 4.57 Å². The molecule has 0 aliphatic rings. The Kier molecular flexibility index (Phi) is 3.14. The van der Waals surface area contributed by atoms with Gasteiger partial charge >= 0.3 is 0 Å². The Bertz CT molecular complexity index is 821.